The molecule has 0 atom stereocenters. The molecule has 5 heteroatoms. The molecule has 0 saturated heterocycles. The number of pyridine rings is 1. The van der Waals surface area contributed by atoms with Gasteiger partial charge in [-0.1, -0.05) is 31.9 Å². The molecule has 0 radical (unpaired) electrons. The zero-order chi connectivity index (χ0) is 17.4. The zero-order valence-corrected chi connectivity index (χ0v) is 14.1. The standard InChI is InChI=1S/C19H23N3O2/c1-3-4-5-10-21-19(24)17-13-15(9-11-20-17)18(23)22-16-8-6-7-14(2)12-16/h6-9,11-13H,3-5,10H2,1-2H3,(H,21,24)(H,22,23). The molecule has 2 amide bonds. The van der Waals surface area contributed by atoms with Crippen LogP contribution in [0.1, 0.15) is 52.6 Å². The average Bonchev–Trinajstić information content (AvgIpc) is 2.58. The van der Waals surface area contributed by atoms with Crippen LogP contribution in [0.2, 0.25) is 0 Å². The Morgan fingerprint density at radius 3 is 2.67 bits per heavy atom. The lowest BCUT2D eigenvalue weighted by atomic mass is 10.2. The fourth-order valence-corrected chi connectivity index (χ4v) is 2.29. The first-order valence-corrected chi connectivity index (χ1v) is 8.22. The second-order valence-electron chi connectivity index (χ2n) is 5.72. The Kier molecular flexibility index (Phi) is 6.49. The number of hydrogen-bond donors (Lipinski definition) is 2. The van der Waals surface area contributed by atoms with Crippen LogP contribution in [0, 0.1) is 6.92 Å². The van der Waals surface area contributed by atoms with Gasteiger partial charge in [0.25, 0.3) is 11.8 Å². The topological polar surface area (TPSA) is 71.1 Å². The minimum atomic E-state index is -0.261. The Bertz CT molecular complexity index is 713. The molecule has 2 aromatic rings. The molecule has 5 nitrogen and oxygen atoms in total. The lowest BCUT2D eigenvalue weighted by Gasteiger charge is -2.08. The van der Waals surface area contributed by atoms with Gasteiger partial charge in [0, 0.05) is 24.0 Å². The number of anilines is 1. The van der Waals surface area contributed by atoms with E-state index in [1.54, 1.807) is 6.07 Å². The van der Waals surface area contributed by atoms with Crippen molar-refractivity contribution in [2.24, 2.45) is 0 Å². The highest BCUT2D eigenvalue weighted by Gasteiger charge is 2.11. The largest absolute Gasteiger partial charge is 0.351 e. The molecule has 126 valence electrons. The van der Waals surface area contributed by atoms with Gasteiger partial charge in [0.05, 0.1) is 0 Å². The van der Waals surface area contributed by atoms with Gasteiger partial charge in [-0.05, 0) is 43.2 Å². The van der Waals surface area contributed by atoms with Crippen molar-refractivity contribution >= 4 is 17.5 Å². The van der Waals surface area contributed by atoms with Gasteiger partial charge in [0.1, 0.15) is 5.69 Å². The lowest BCUT2D eigenvalue weighted by molar-refractivity contribution is 0.0948. The Morgan fingerprint density at radius 2 is 1.92 bits per heavy atom. The lowest BCUT2D eigenvalue weighted by Crippen LogP contribution is -2.25. The summed E-state index contributed by atoms with van der Waals surface area (Å²) >= 11 is 0. The van der Waals surface area contributed by atoms with E-state index in [0.717, 1.165) is 30.5 Å². The van der Waals surface area contributed by atoms with Gasteiger partial charge in [-0.25, -0.2) is 0 Å². The van der Waals surface area contributed by atoms with Crippen molar-refractivity contribution in [1.29, 1.82) is 0 Å². The summed E-state index contributed by atoms with van der Waals surface area (Å²) in [6.45, 7) is 4.69. The summed E-state index contributed by atoms with van der Waals surface area (Å²) in [5.41, 5.74) is 2.45. The Balaban J connectivity index is 2.01. The van der Waals surface area contributed by atoms with E-state index >= 15 is 0 Å². The molecule has 0 aliphatic carbocycles. The summed E-state index contributed by atoms with van der Waals surface area (Å²) in [7, 11) is 0. The van der Waals surface area contributed by atoms with Gasteiger partial charge in [0.2, 0.25) is 0 Å². The molecule has 0 aliphatic heterocycles. The molecule has 0 saturated carbocycles. The second kappa shape index (κ2) is 8.82. The SMILES string of the molecule is CCCCCNC(=O)c1cc(C(=O)Nc2cccc(C)c2)ccn1. The fourth-order valence-electron chi connectivity index (χ4n) is 2.29. The minimum Gasteiger partial charge on any atom is -0.351 e. The van der Waals surface area contributed by atoms with Crippen LogP contribution in [0.3, 0.4) is 0 Å². The summed E-state index contributed by atoms with van der Waals surface area (Å²) in [6, 6.07) is 10.7. The van der Waals surface area contributed by atoms with Crippen molar-refractivity contribution in [3.05, 3.63) is 59.4 Å². The number of amides is 2. The molecule has 1 aromatic carbocycles. The maximum absolute atomic E-state index is 12.3. The molecule has 2 N–H and O–H groups in total. The van der Waals surface area contributed by atoms with Crippen LogP contribution in [0.4, 0.5) is 5.69 Å². The number of benzene rings is 1. The van der Waals surface area contributed by atoms with Gasteiger partial charge < -0.3 is 10.6 Å². The molecule has 1 aromatic heterocycles. The van der Waals surface area contributed by atoms with Crippen LogP contribution >= 0.6 is 0 Å². The maximum atomic E-state index is 12.3. The smallest absolute Gasteiger partial charge is 0.269 e. The summed E-state index contributed by atoms with van der Waals surface area (Å²) < 4.78 is 0. The van der Waals surface area contributed by atoms with E-state index in [-0.39, 0.29) is 17.5 Å². The van der Waals surface area contributed by atoms with Crippen molar-refractivity contribution in [2.75, 3.05) is 11.9 Å². The van der Waals surface area contributed by atoms with Crippen molar-refractivity contribution < 1.29 is 9.59 Å². The van der Waals surface area contributed by atoms with Crippen LogP contribution in [-0.4, -0.2) is 23.3 Å². The molecular formula is C19H23N3O2. The van der Waals surface area contributed by atoms with E-state index in [9.17, 15) is 9.59 Å². The zero-order valence-electron chi connectivity index (χ0n) is 14.1. The number of unbranched alkanes of at least 4 members (excludes halogenated alkanes) is 2. The highest BCUT2D eigenvalue weighted by atomic mass is 16.2. The molecule has 0 unspecified atom stereocenters. The second-order valence-corrected chi connectivity index (χ2v) is 5.72. The van der Waals surface area contributed by atoms with Crippen molar-refractivity contribution in [3.63, 3.8) is 0 Å². The number of carbonyl (C=O) groups is 2. The number of carbonyl (C=O) groups excluding carboxylic acids is 2. The van der Waals surface area contributed by atoms with Gasteiger partial charge in [-0.15, -0.1) is 0 Å². The number of nitrogens with zero attached hydrogens (tertiary/aromatic N) is 1. The maximum Gasteiger partial charge on any atom is 0.269 e. The summed E-state index contributed by atoms with van der Waals surface area (Å²) in [5.74, 6) is -0.514. The third-order valence-corrected chi connectivity index (χ3v) is 3.60. The number of nitrogens with one attached hydrogen (secondary N) is 2. The highest BCUT2D eigenvalue weighted by Crippen LogP contribution is 2.12. The number of rotatable bonds is 7. The number of aromatic nitrogens is 1. The van der Waals surface area contributed by atoms with Gasteiger partial charge in [-0.2, -0.15) is 0 Å². The third-order valence-electron chi connectivity index (χ3n) is 3.60. The predicted octanol–water partition coefficient (Wildman–Crippen LogP) is 3.56. The Morgan fingerprint density at radius 1 is 1.08 bits per heavy atom. The fraction of sp³-hybridized carbons (Fsp3) is 0.316. The van der Waals surface area contributed by atoms with E-state index in [0.29, 0.717) is 12.1 Å². The predicted molar refractivity (Wildman–Crippen MR) is 95.2 cm³/mol. The van der Waals surface area contributed by atoms with E-state index in [1.165, 1.54) is 12.3 Å². The molecule has 0 aliphatic rings. The Labute approximate surface area is 142 Å². The van der Waals surface area contributed by atoms with Crippen molar-refractivity contribution in [2.45, 2.75) is 33.1 Å². The molecule has 2 rings (SSSR count). The van der Waals surface area contributed by atoms with Gasteiger partial charge in [-0.3, -0.25) is 14.6 Å². The molecule has 0 bridgehead atoms. The van der Waals surface area contributed by atoms with Crippen LogP contribution in [0.25, 0.3) is 0 Å². The van der Waals surface area contributed by atoms with Gasteiger partial charge in [0.15, 0.2) is 0 Å². The summed E-state index contributed by atoms with van der Waals surface area (Å²) in [5, 5.41) is 5.65. The number of hydrogen-bond acceptors (Lipinski definition) is 3. The summed E-state index contributed by atoms with van der Waals surface area (Å²) in [6.07, 6.45) is 4.59. The number of aryl methyl sites for hydroxylation is 1. The van der Waals surface area contributed by atoms with E-state index in [1.807, 2.05) is 31.2 Å². The van der Waals surface area contributed by atoms with E-state index in [2.05, 4.69) is 22.5 Å². The highest BCUT2D eigenvalue weighted by molar-refractivity contribution is 6.05. The van der Waals surface area contributed by atoms with Crippen molar-refractivity contribution in [3.8, 4) is 0 Å². The van der Waals surface area contributed by atoms with Crippen LogP contribution in [-0.2, 0) is 0 Å². The average molecular weight is 325 g/mol. The van der Waals surface area contributed by atoms with Crippen LogP contribution < -0.4 is 10.6 Å². The molecule has 24 heavy (non-hydrogen) atoms. The normalized spacial score (nSPS) is 10.2. The first kappa shape index (κ1) is 17.7. The Hall–Kier alpha value is -2.69. The first-order chi connectivity index (χ1) is 11.6. The quantitative estimate of drug-likeness (QED) is 0.765. The molecule has 0 spiro atoms. The third kappa shape index (κ3) is 5.19. The monoisotopic (exact) mass is 325 g/mol. The van der Waals surface area contributed by atoms with Crippen molar-refractivity contribution in [1.82, 2.24) is 10.3 Å². The first-order valence-electron chi connectivity index (χ1n) is 8.22. The van der Waals surface area contributed by atoms with E-state index < -0.39 is 0 Å². The van der Waals surface area contributed by atoms with E-state index in [4.69, 9.17) is 0 Å². The summed E-state index contributed by atoms with van der Waals surface area (Å²) in [4.78, 5) is 28.5. The van der Waals surface area contributed by atoms with Crippen LogP contribution in [0.5, 0.6) is 0 Å². The molecule has 0 fully saturated rings. The minimum absolute atomic E-state index is 0.253. The van der Waals surface area contributed by atoms with Gasteiger partial charge >= 0.3 is 0 Å². The molecule has 1 heterocycles. The van der Waals surface area contributed by atoms with Crippen LogP contribution in [0.15, 0.2) is 42.6 Å². The molecular weight excluding hydrogens is 302 g/mol.